The molecule has 116 valence electrons. The molecule has 1 N–H and O–H groups in total. The minimum absolute atomic E-state index is 0.0378. The maximum Gasteiger partial charge on any atom is 0.243 e. The van der Waals surface area contributed by atoms with Crippen LogP contribution in [0.4, 0.5) is 5.13 Å². The van der Waals surface area contributed by atoms with Crippen molar-refractivity contribution in [3.8, 4) is 11.3 Å². The summed E-state index contributed by atoms with van der Waals surface area (Å²) in [6.07, 6.45) is 3.65. The minimum Gasteiger partial charge on any atom is -0.301 e. The van der Waals surface area contributed by atoms with E-state index >= 15 is 0 Å². The van der Waals surface area contributed by atoms with Gasteiger partial charge in [0, 0.05) is 10.9 Å². The van der Waals surface area contributed by atoms with Gasteiger partial charge >= 0.3 is 0 Å². The van der Waals surface area contributed by atoms with E-state index in [-0.39, 0.29) is 11.9 Å². The number of anilines is 1. The summed E-state index contributed by atoms with van der Waals surface area (Å²) >= 11 is 1.48. The van der Waals surface area contributed by atoms with Crippen LogP contribution in [0.3, 0.4) is 0 Å². The molecule has 4 nitrogen and oxygen atoms in total. The number of nitrogens with one attached hydrogen (secondary N) is 1. The Balaban J connectivity index is 1.63. The lowest BCUT2D eigenvalue weighted by Crippen LogP contribution is -2.44. The number of amides is 1. The molecule has 1 aliphatic rings. The second-order valence-electron chi connectivity index (χ2n) is 5.67. The first-order valence-electron chi connectivity index (χ1n) is 7.80. The maximum atomic E-state index is 12.4. The normalized spacial score (nSPS) is 17.1. The van der Waals surface area contributed by atoms with Gasteiger partial charge in [-0.1, -0.05) is 36.8 Å². The molecule has 0 unspecified atom stereocenters. The topological polar surface area (TPSA) is 45.2 Å². The monoisotopic (exact) mass is 315 g/mol. The van der Waals surface area contributed by atoms with Gasteiger partial charge in [0.1, 0.15) is 0 Å². The molecule has 2 aromatic rings. The van der Waals surface area contributed by atoms with Gasteiger partial charge in [0.2, 0.25) is 5.91 Å². The molecule has 1 aliphatic heterocycles. The Morgan fingerprint density at radius 3 is 2.68 bits per heavy atom. The highest BCUT2D eigenvalue weighted by molar-refractivity contribution is 7.14. The van der Waals surface area contributed by atoms with E-state index in [1.165, 1.54) is 30.6 Å². The number of piperidine rings is 1. The van der Waals surface area contributed by atoms with Crippen molar-refractivity contribution in [2.75, 3.05) is 18.4 Å². The Hall–Kier alpha value is -1.72. The summed E-state index contributed by atoms with van der Waals surface area (Å²) in [4.78, 5) is 19.1. The number of hydrogen-bond donors (Lipinski definition) is 1. The average molecular weight is 315 g/mol. The Bertz CT molecular complexity index is 620. The summed E-state index contributed by atoms with van der Waals surface area (Å²) in [6.45, 7) is 4.01. The first-order valence-corrected chi connectivity index (χ1v) is 8.68. The largest absolute Gasteiger partial charge is 0.301 e. The lowest BCUT2D eigenvalue weighted by atomic mass is 10.1. The molecule has 22 heavy (non-hydrogen) atoms. The van der Waals surface area contributed by atoms with Crippen molar-refractivity contribution in [1.82, 2.24) is 9.88 Å². The van der Waals surface area contributed by atoms with E-state index in [1.54, 1.807) is 0 Å². The maximum absolute atomic E-state index is 12.4. The standard InChI is InChI=1S/C17H21N3OS/c1-13(20-10-6-3-7-11-20)16(21)19-17-18-15(12-22-17)14-8-4-2-5-9-14/h2,4-5,8-9,12-13H,3,6-7,10-11H2,1H3,(H,18,19,21)/t13-/m1/s1. The molecule has 0 radical (unpaired) electrons. The van der Waals surface area contributed by atoms with E-state index in [4.69, 9.17) is 0 Å². The fourth-order valence-corrected chi connectivity index (χ4v) is 3.48. The Morgan fingerprint density at radius 2 is 1.95 bits per heavy atom. The van der Waals surface area contributed by atoms with Gasteiger partial charge in [-0.05, 0) is 32.9 Å². The quantitative estimate of drug-likeness (QED) is 0.937. The van der Waals surface area contributed by atoms with Crippen LogP contribution in [0.15, 0.2) is 35.7 Å². The van der Waals surface area contributed by atoms with Crippen LogP contribution in [0, 0.1) is 0 Å². The van der Waals surface area contributed by atoms with E-state index in [0.29, 0.717) is 5.13 Å². The van der Waals surface area contributed by atoms with Gasteiger partial charge in [-0.3, -0.25) is 9.69 Å². The van der Waals surface area contributed by atoms with Crippen molar-refractivity contribution >= 4 is 22.4 Å². The number of benzene rings is 1. The van der Waals surface area contributed by atoms with Gasteiger partial charge in [-0.15, -0.1) is 11.3 Å². The number of hydrogen-bond acceptors (Lipinski definition) is 4. The Labute approximate surface area is 135 Å². The van der Waals surface area contributed by atoms with E-state index in [0.717, 1.165) is 24.3 Å². The third-order valence-electron chi connectivity index (χ3n) is 4.12. The van der Waals surface area contributed by atoms with Crippen molar-refractivity contribution < 1.29 is 4.79 Å². The molecule has 0 spiro atoms. The van der Waals surface area contributed by atoms with Crippen LogP contribution >= 0.6 is 11.3 Å². The van der Waals surface area contributed by atoms with Gasteiger partial charge in [0.05, 0.1) is 11.7 Å². The number of carbonyl (C=O) groups is 1. The molecule has 0 aliphatic carbocycles. The summed E-state index contributed by atoms with van der Waals surface area (Å²) in [5.41, 5.74) is 1.98. The molecule has 0 bridgehead atoms. The van der Waals surface area contributed by atoms with E-state index in [2.05, 4.69) is 15.2 Å². The van der Waals surface area contributed by atoms with Crippen LogP contribution in [-0.4, -0.2) is 34.9 Å². The number of carbonyl (C=O) groups excluding carboxylic acids is 1. The summed E-state index contributed by atoms with van der Waals surface area (Å²) in [5, 5.41) is 5.61. The Morgan fingerprint density at radius 1 is 1.23 bits per heavy atom. The Kier molecular flexibility index (Phi) is 4.85. The number of likely N-dealkylation sites (tertiary alicyclic amines) is 1. The number of nitrogens with zero attached hydrogens (tertiary/aromatic N) is 2. The summed E-state index contributed by atoms with van der Waals surface area (Å²) in [6, 6.07) is 9.92. The zero-order chi connectivity index (χ0) is 15.4. The molecular weight excluding hydrogens is 294 g/mol. The molecular formula is C17H21N3OS. The zero-order valence-corrected chi connectivity index (χ0v) is 13.6. The van der Waals surface area contributed by atoms with Crippen LogP contribution in [0.1, 0.15) is 26.2 Å². The smallest absolute Gasteiger partial charge is 0.243 e. The molecule has 3 rings (SSSR count). The number of aromatic nitrogens is 1. The van der Waals surface area contributed by atoms with Gasteiger partial charge in [-0.2, -0.15) is 0 Å². The molecule has 5 heteroatoms. The van der Waals surface area contributed by atoms with Gasteiger partial charge in [0.15, 0.2) is 5.13 Å². The van der Waals surface area contributed by atoms with Crippen LogP contribution in [0.25, 0.3) is 11.3 Å². The summed E-state index contributed by atoms with van der Waals surface area (Å²) in [5.74, 6) is 0.0378. The number of thiazole rings is 1. The predicted octanol–water partition coefficient (Wildman–Crippen LogP) is 3.62. The number of rotatable bonds is 4. The molecule has 1 aromatic carbocycles. The van der Waals surface area contributed by atoms with E-state index in [1.807, 2.05) is 42.6 Å². The molecule has 2 heterocycles. The highest BCUT2D eigenvalue weighted by atomic mass is 32.1. The molecule has 1 atom stereocenters. The van der Waals surface area contributed by atoms with Gasteiger partial charge in [-0.25, -0.2) is 4.98 Å². The van der Waals surface area contributed by atoms with Crippen molar-refractivity contribution in [2.24, 2.45) is 0 Å². The highest BCUT2D eigenvalue weighted by Crippen LogP contribution is 2.25. The van der Waals surface area contributed by atoms with Crippen molar-refractivity contribution in [2.45, 2.75) is 32.2 Å². The fourth-order valence-electron chi connectivity index (χ4n) is 2.75. The minimum atomic E-state index is -0.0932. The molecule has 1 saturated heterocycles. The lowest BCUT2D eigenvalue weighted by molar-refractivity contribution is -0.121. The van der Waals surface area contributed by atoms with Crippen LogP contribution in [-0.2, 0) is 4.79 Å². The van der Waals surface area contributed by atoms with Crippen LogP contribution < -0.4 is 5.32 Å². The van der Waals surface area contributed by atoms with Crippen molar-refractivity contribution in [3.05, 3.63) is 35.7 Å². The predicted molar refractivity (Wildman–Crippen MR) is 91.1 cm³/mol. The third-order valence-corrected chi connectivity index (χ3v) is 4.88. The van der Waals surface area contributed by atoms with Crippen molar-refractivity contribution in [1.29, 1.82) is 0 Å². The first kappa shape index (κ1) is 15.2. The van der Waals surface area contributed by atoms with Crippen LogP contribution in [0.2, 0.25) is 0 Å². The summed E-state index contributed by atoms with van der Waals surface area (Å²) in [7, 11) is 0. The second kappa shape index (κ2) is 7.03. The van der Waals surface area contributed by atoms with Crippen molar-refractivity contribution in [3.63, 3.8) is 0 Å². The highest BCUT2D eigenvalue weighted by Gasteiger charge is 2.23. The SMILES string of the molecule is C[C@H](C(=O)Nc1nc(-c2ccccc2)cs1)N1CCCCC1. The van der Waals surface area contributed by atoms with E-state index in [9.17, 15) is 4.79 Å². The molecule has 1 amide bonds. The fraction of sp³-hybridized carbons (Fsp3) is 0.412. The van der Waals surface area contributed by atoms with Crippen LogP contribution in [0.5, 0.6) is 0 Å². The summed E-state index contributed by atoms with van der Waals surface area (Å²) < 4.78 is 0. The average Bonchev–Trinajstić information content (AvgIpc) is 3.04. The second-order valence-corrected chi connectivity index (χ2v) is 6.52. The first-order chi connectivity index (χ1) is 10.7. The lowest BCUT2D eigenvalue weighted by Gasteiger charge is -2.31. The molecule has 0 saturated carbocycles. The van der Waals surface area contributed by atoms with Gasteiger partial charge < -0.3 is 5.32 Å². The zero-order valence-electron chi connectivity index (χ0n) is 12.8. The molecule has 1 aromatic heterocycles. The third kappa shape index (κ3) is 3.54. The van der Waals surface area contributed by atoms with E-state index < -0.39 is 0 Å². The van der Waals surface area contributed by atoms with Gasteiger partial charge in [0.25, 0.3) is 0 Å². The molecule has 1 fully saturated rings.